The summed E-state index contributed by atoms with van der Waals surface area (Å²) in [5.74, 6) is -2.12. The normalized spacial score (nSPS) is 23.6. The van der Waals surface area contributed by atoms with E-state index in [9.17, 15) is 41.0 Å². The number of ketones is 2. The molecule has 6 rings (SSSR count). The SMILES string of the molecule is O=C(Cc1ccc(N2CC3CCC2C[C@@H]3O)cc1C(F)(F)F)C1=CCc2cccc(C(F)(F)F)c2C1=O. The minimum absolute atomic E-state index is 0.0192. The van der Waals surface area contributed by atoms with E-state index in [4.69, 9.17) is 0 Å². The summed E-state index contributed by atoms with van der Waals surface area (Å²) in [6.45, 7) is 0.434. The van der Waals surface area contributed by atoms with Gasteiger partial charge in [0.15, 0.2) is 11.6 Å². The Morgan fingerprint density at radius 3 is 2.35 bits per heavy atom. The number of aliphatic hydroxyl groups excluding tert-OH is 1. The fourth-order valence-electron chi connectivity index (χ4n) is 5.79. The Morgan fingerprint density at radius 2 is 1.73 bits per heavy atom. The number of Topliss-reactive ketones (excluding diaryl/α,β-unsaturated/α-hetero) is 2. The van der Waals surface area contributed by atoms with Crippen LogP contribution in [0.1, 0.15) is 51.9 Å². The van der Waals surface area contributed by atoms with Gasteiger partial charge in [-0.1, -0.05) is 24.3 Å². The quantitative estimate of drug-likeness (QED) is 0.422. The molecule has 0 spiro atoms. The molecule has 2 bridgehead atoms. The van der Waals surface area contributed by atoms with E-state index < -0.39 is 58.7 Å². The molecule has 0 aromatic heterocycles. The first kappa shape index (κ1) is 25.5. The number of carbonyl (C=O) groups excluding carboxylic acids is 2. The van der Waals surface area contributed by atoms with Gasteiger partial charge in [0.25, 0.3) is 0 Å². The maximum atomic E-state index is 14.0. The topological polar surface area (TPSA) is 57.6 Å². The van der Waals surface area contributed by atoms with Crippen LogP contribution in [0.2, 0.25) is 0 Å². The number of hydrogen-bond acceptors (Lipinski definition) is 4. The molecule has 2 aliphatic heterocycles. The van der Waals surface area contributed by atoms with E-state index in [-0.39, 0.29) is 29.5 Å². The molecule has 2 aromatic carbocycles. The Hall–Kier alpha value is -3.14. The number of carbonyl (C=O) groups is 2. The third-order valence-electron chi connectivity index (χ3n) is 7.64. The van der Waals surface area contributed by atoms with E-state index in [0.29, 0.717) is 18.7 Å². The number of piperidine rings is 2. The van der Waals surface area contributed by atoms with E-state index in [1.54, 1.807) is 0 Å². The number of allylic oxidation sites excluding steroid dienone is 2. The molecule has 2 aliphatic carbocycles. The molecule has 37 heavy (non-hydrogen) atoms. The number of benzene rings is 2. The van der Waals surface area contributed by atoms with E-state index in [0.717, 1.165) is 25.0 Å². The number of alkyl halides is 6. The van der Waals surface area contributed by atoms with E-state index in [1.165, 1.54) is 30.3 Å². The third kappa shape index (κ3) is 4.67. The third-order valence-corrected chi connectivity index (χ3v) is 7.64. The molecule has 2 aromatic rings. The van der Waals surface area contributed by atoms with Crippen molar-refractivity contribution in [2.45, 2.75) is 56.6 Å². The van der Waals surface area contributed by atoms with Crippen LogP contribution in [0.4, 0.5) is 32.0 Å². The van der Waals surface area contributed by atoms with Crippen molar-refractivity contribution in [2.24, 2.45) is 5.92 Å². The van der Waals surface area contributed by atoms with Crippen LogP contribution in [-0.4, -0.2) is 35.4 Å². The van der Waals surface area contributed by atoms with Crippen molar-refractivity contribution in [1.29, 1.82) is 0 Å². The predicted octanol–water partition coefficient (Wildman–Crippen LogP) is 5.55. The molecule has 4 nitrogen and oxygen atoms in total. The minimum Gasteiger partial charge on any atom is -0.393 e. The number of nitrogens with zero attached hydrogens (tertiary/aromatic N) is 1. The van der Waals surface area contributed by atoms with Gasteiger partial charge in [0.1, 0.15) is 0 Å². The van der Waals surface area contributed by atoms with E-state index in [2.05, 4.69) is 0 Å². The van der Waals surface area contributed by atoms with Crippen molar-refractivity contribution in [3.63, 3.8) is 0 Å². The van der Waals surface area contributed by atoms with Crippen molar-refractivity contribution < 1.29 is 41.0 Å². The molecule has 0 radical (unpaired) electrons. The Labute approximate surface area is 208 Å². The molecule has 2 unspecified atom stereocenters. The van der Waals surface area contributed by atoms with Gasteiger partial charge < -0.3 is 10.0 Å². The molecule has 10 heteroatoms. The summed E-state index contributed by atoms with van der Waals surface area (Å²) in [5.41, 5.74) is -3.28. The molecule has 0 amide bonds. The fraction of sp³-hybridized carbons (Fsp3) is 0.407. The van der Waals surface area contributed by atoms with Crippen molar-refractivity contribution in [3.05, 3.63) is 75.9 Å². The van der Waals surface area contributed by atoms with Crippen molar-refractivity contribution >= 4 is 17.3 Å². The van der Waals surface area contributed by atoms with Crippen molar-refractivity contribution in [3.8, 4) is 0 Å². The van der Waals surface area contributed by atoms with Crippen LogP contribution >= 0.6 is 0 Å². The average Bonchev–Trinajstić information content (AvgIpc) is 2.83. The Balaban J connectivity index is 1.43. The molecule has 4 aliphatic rings. The van der Waals surface area contributed by atoms with Crippen LogP contribution in [0.5, 0.6) is 0 Å². The number of anilines is 1. The molecule has 3 atom stereocenters. The van der Waals surface area contributed by atoms with Gasteiger partial charge in [-0.2, -0.15) is 26.3 Å². The summed E-state index contributed by atoms with van der Waals surface area (Å²) in [6.07, 6.45) is -7.74. The van der Waals surface area contributed by atoms with E-state index >= 15 is 0 Å². The highest BCUT2D eigenvalue weighted by Gasteiger charge is 2.42. The second-order valence-electron chi connectivity index (χ2n) is 9.87. The summed E-state index contributed by atoms with van der Waals surface area (Å²) in [7, 11) is 0. The fourth-order valence-corrected chi connectivity index (χ4v) is 5.79. The molecule has 2 saturated heterocycles. The zero-order valence-corrected chi connectivity index (χ0v) is 19.5. The van der Waals surface area contributed by atoms with Crippen LogP contribution in [-0.2, 0) is 30.0 Å². The summed E-state index contributed by atoms with van der Waals surface area (Å²) in [6, 6.07) is 6.84. The highest BCUT2D eigenvalue weighted by Crippen LogP contribution is 2.41. The van der Waals surface area contributed by atoms with Gasteiger partial charge >= 0.3 is 12.4 Å². The van der Waals surface area contributed by atoms with Crippen LogP contribution in [0.3, 0.4) is 0 Å². The highest BCUT2D eigenvalue weighted by molar-refractivity contribution is 6.28. The van der Waals surface area contributed by atoms with Gasteiger partial charge in [-0.25, -0.2) is 0 Å². The Kier molecular flexibility index (Phi) is 6.21. The van der Waals surface area contributed by atoms with Gasteiger partial charge in [-0.3, -0.25) is 9.59 Å². The number of hydrogen-bond donors (Lipinski definition) is 1. The van der Waals surface area contributed by atoms with Gasteiger partial charge in [-0.15, -0.1) is 0 Å². The van der Waals surface area contributed by atoms with Crippen LogP contribution in [0.15, 0.2) is 48.0 Å². The number of halogens is 6. The Bertz CT molecular complexity index is 1300. The molecule has 3 fully saturated rings. The van der Waals surface area contributed by atoms with Crippen molar-refractivity contribution in [1.82, 2.24) is 0 Å². The first-order chi connectivity index (χ1) is 17.3. The zero-order valence-electron chi connectivity index (χ0n) is 19.5. The van der Waals surface area contributed by atoms with Gasteiger partial charge in [0.05, 0.1) is 22.8 Å². The molecular formula is C27H23F6NO3. The largest absolute Gasteiger partial charge is 0.417 e. The summed E-state index contributed by atoms with van der Waals surface area (Å²) < 4.78 is 82.5. The second-order valence-corrected chi connectivity index (χ2v) is 9.87. The van der Waals surface area contributed by atoms with Crippen LogP contribution in [0.25, 0.3) is 0 Å². The maximum Gasteiger partial charge on any atom is 0.417 e. The summed E-state index contributed by atoms with van der Waals surface area (Å²) in [4.78, 5) is 27.8. The molecular weight excluding hydrogens is 500 g/mol. The minimum atomic E-state index is -4.82. The lowest BCUT2D eigenvalue weighted by Gasteiger charge is -2.49. The zero-order chi connectivity index (χ0) is 26.7. The van der Waals surface area contributed by atoms with Gasteiger partial charge in [-0.05, 0) is 55.0 Å². The maximum absolute atomic E-state index is 14.0. The highest BCUT2D eigenvalue weighted by atomic mass is 19.4. The lowest BCUT2D eigenvalue weighted by atomic mass is 9.77. The lowest BCUT2D eigenvalue weighted by Crippen LogP contribution is -2.54. The molecule has 1 saturated carbocycles. The predicted molar refractivity (Wildman–Crippen MR) is 122 cm³/mol. The number of fused-ring (bicyclic) bond motifs is 4. The second kappa shape index (κ2) is 9.01. The van der Waals surface area contributed by atoms with E-state index in [1.807, 2.05) is 4.90 Å². The monoisotopic (exact) mass is 523 g/mol. The first-order valence-corrected chi connectivity index (χ1v) is 12.0. The van der Waals surface area contributed by atoms with Crippen LogP contribution < -0.4 is 4.90 Å². The smallest absolute Gasteiger partial charge is 0.393 e. The Morgan fingerprint density at radius 1 is 1.00 bits per heavy atom. The molecule has 1 N–H and O–H groups in total. The number of rotatable bonds is 4. The first-order valence-electron chi connectivity index (χ1n) is 12.0. The summed E-state index contributed by atoms with van der Waals surface area (Å²) in [5, 5.41) is 10.1. The van der Waals surface area contributed by atoms with Gasteiger partial charge in [0.2, 0.25) is 0 Å². The van der Waals surface area contributed by atoms with Gasteiger partial charge in [0, 0.05) is 36.2 Å². The van der Waals surface area contributed by atoms with Crippen molar-refractivity contribution in [2.75, 3.05) is 11.4 Å². The molecule has 2 heterocycles. The number of aliphatic hydroxyl groups is 1. The average molecular weight is 523 g/mol. The standard InChI is InChI=1S/C27H23F6NO3/c28-26(29,30)20-3-1-2-14-6-9-19(25(37)24(14)20)23(36)10-15-4-7-17(11-21(15)27(31,32)33)34-13-16-5-8-18(34)12-22(16)35/h1-4,7,9,11,16,18,22,35H,5-6,8,10,12-13H2/t16?,18?,22-/m0/s1. The van der Waals surface area contributed by atoms with Crippen LogP contribution in [0, 0.1) is 5.92 Å². The summed E-state index contributed by atoms with van der Waals surface area (Å²) >= 11 is 0. The lowest BCUT2D eigenvalue weighted by molar-refractivity contribution is -0.139. The molecule has 196 valence electrons.